The summed E-state index contributed by atoms with van der Waals surface area (Å²) < 4.78 is 0. The van der Waals surface area contributed by atoms with Gasteiger partial charge in [0.1, 0.15) is 0 Å². The number of nitrogens with zero attached hydrogens (tertiary/aromatic N) is 1. The highest BCUT2D eigenvalue weighted by atomic mass is 35.5. The molecule has 1 aliphatic heterocycles. The van der Waals surface area contributed by atoms with Crippen LogP contribution < -0.4 is 16.4 Å². The smallest absolute Gasteiger partial charge is 0.238 e. The molecule has 0 bridgehead atoms. The van der Waals surface area contributed by atoms with Crippen LogP contribution in [-0.2, 0) is 9.59 Å². The Balaban J connectivity index is 0.00000420. The van der Waals surface area contributed by atoms with E-state index in [1.54, 1.807) is 0 Å². The first-order valence-corrected chi connectivity index (χ1v) is 10.7. The molecule has 1 aromatic carbocycles. The van der Waals surface area contributed by atoms with Gasteiger partial charge < -0.3 is 16.4 Å². The molecule has 2 amide bonds. The molecule has 2 rings (SSSR count). The molecule has 1 saturated heterocycles. The van der Waals surface area contributed by atoms with Crippen LogP contribution in [0.5, 0.6) is 0 Å². The van der Waals surface area contributed by atoms with E-state index in [-0.39, 0.29) is 36.6 Å². The van der Waals surface area contributed by atoms with Crippen molar-refractivity contribution in [3.05, 3.63) is 24.3 Å². The van der Waals surface area contributed by atoms with E-state index in [0.29, 0.717) is 31.6 Å². The van der Waals surface area contributed by atoms with E-state index in [4.69, 9.17) is 5.73 Å². The first kappa shape index (κ1) is 28.7. The van der Waals surface area contributed by atoms with Crippen LogP contribution in [0.4, 0.5) is 11.4 Å². The molecule has 0 aromatic heterocycles. The number of halogens is 2. The summed E-state index contributed by atoms with van der Waals surface area (Å²) in [7, 11) is 0. The molecule has 0 atom stereocenters. The van der Waals surface area contributed by atoms with E-state index in [1.807, 2.05) is 38.1 Å². The molecule has 8 heteroatoms. The van der Waals surface area contributed by atoms with Gasteiger partial charge in [-0.1, -0.05) is 33.1 Å². The number of anilines is 2. The third kappa shape index (κ3) is 8.42. The van der Waals surface area contributed by atoms with Crippen LogP contribution in [0.1, 0.15) is 58.8 Å². The number of benzene rings is 1. The highest BCUT2D eigenvalue weighted by Crippen LogP contribution is 2.27. The lowest BCUT2D eigenvalue weighted by molar-refractivity contribution is -0.125. The van der Waals surface area contributed by atoms with Crippen LogP contribution in [0.2, 0.25) is 0 Å². The van der Waals surface area contributed by atoms with Crippen molar-refractivity contribution in [2.75, 3.05) is 36.8 Å². The lowest BCUT2D eigenvalue weighted by atomic mass is 9.81. The van der Waals surface area contributed by atoms with Crippen LogP contribution in [0.15, 0.2) is 24.3 Å². The number of hydrogen-bond donors (Lipinski definition) is 3. The van der Waals surface area contributed by atoms with Gasteiger partial charge in [-0.25, -0.2) is 0 Å². The third-order valence-corrected chi connectivity index (χ3v) is 5.97. The summed E-state index contributed by atoms with van der Waals surface area (Å²) in [6, 6.07) is 7.28. The highest BCUT2D eigenvalue weighted by molar-refractivity contribution is 5.96. The van der Waals surface area contributed by atoms with Crippen molar-refractivity contribution in [2.45, 2.75) is 58.8 Å². The Bertz CT molecular complexity index is 620. The van der Waals surface area contributed by atoms with Crippen molar-refractivity contribution < 1.29 is 9.59 Å². The number of rotatable bonds is 8. The quantitative estimate of drug-likeness (QED) is 0.534. The number of carbonyl (C=O) groups excluding carboxylic acids is 2. The first-order chi connectivity index (χ1) is 13.5. The van der Waals surface area contributed by atoms with E-state index in [9.17, 15) is 9.59 Å². The van der Waals surface area contributed by atoms with Crippen molar-refractivity contribution in [1.29, 1.82) is 0 Å². The molecule has 0 aliphatic carbocycles. The Morgan fingerprint density at radius 1 is 0.900 bits per heavy atom. The van der Waals surface area contributed by atoms with E-state index < -0.39 is 5.41 Å². The first-order valence-electron chi connectivity index (χ1n) is 10.7. The molecule has 30 heavy (non-hydrogen) atoms. The van der Waals surface area contributed by atoms with E-state index >= 15 is 0 Å². The van der Waals surface area contributed by atoms with Gasteiger partial charge in [0, 0.05) is 17.9 Å². The molecular formula is C22H38Cl2N4O2. The van der Waals surface area contributed by atoms with E-state index in [0.717, 1.165) is 18.8 Å². The molecular weight excluding hydrogens is 423 g/mol. The van der Waals surface area contributed by atoms with Gasteiger partial charge in [0.15, 0.2) is 0 Å². The summed E-state index contributed by atoms with van der Waals surface area (Å²) in [4.78, 5) is 27.2. The van der Waals surface area contributed by atoms with Crippen LogP contribution in [0.3, 0.4) is 0 Å². The van der Waals surface area contributed by atoms with E-state index in [1.165, 1.54) is 32.1 Å². The lowest BCUT2D eigenvalue weighted by Crippen LogP contribution is -2.41. The average Bonchev–Trinajstić information content (AvgIpc) is 2.67. The number of nitrogens with two attached hydrogens (primary N) is 1. The second-order valence-electron chi connectivity index (χ2n) is 7.82. The van der Waals surface area contributed by atoms with Gasteiger partial charge in [0.25, 0.3) is 0 Å². The predicted octanol–water partition coefficient (Wildman–Crippen LogP) is 4.44. The van der Waals surface area contributed by atoms with Crippen molar-refractivity contribution >= 4 is 48.0 Å². The summed E-state index contributed by atoms with van der Waals surface area (Å²) in [6.45, 7) is 6.73. The zero-order chi connectivity index (χ0) is 20.4. The average molecular weight is 461 g/mol. The van der Waals surface area contributed by atoms with Gasteiger partial charge in [0.05, 0.1) is 12.0 Å². The minimum atomic E-state index is -0.529. The molecule has 0 saturated carbocycles. The number of nitrogens with one attached hydrogen (secondary N) is 2. The number of carbonyl (C=O) groups is 2. The van der Waals surface area contributed by atoms with Crippen LogP contribution in [0, 0.1) is 5.41 Å². The molecule has 1 aliphatic rings. The monoisotopic (exact) mass is 460 g/mol. The summed E-state index contributed by atoms with van der Waals surface area (Å²) in [5, 5.41) is 5.91. The fourth-order valence-corrected chi connectivity index (χ4v) is 3.73. The van der Waals surface area contributed by atoms with Gasteiger partial charge in [-0.2, -0.15) is 0 Å². The standard InChI is InChI=1S/C22H36N4O2.2ClH/c1-3-22(4-2,17-23)21(28)25-19-12-10-18(11-13-19)24-20(27)16-26-14-8-6-5-7-9-15-26;;/h10-13H,3-9,14-17,23H2,1-2H3,(H,24,27)(H,25,28);2*1H. The number of likely N-dealkylation sites (tertiary alicyclic amines) is 1. The fraction of sp³-hybridized carbons (Fsp3) is 0.636. The Morgan fingerprint density at radius 3 is 1.83 bits per heavy atom. The van der Waals surface area contributed by atoms with Gasteiger partial charge in [-0.05, 0) is 63.0 Å². The van der Waals surface area contributed by atoms with Crippen LogP contribution >= 0.6 is 24.8 Å². The maximum Gasteiger partial charge on any atom is 0.238 e. The minimum absolute atomic E-state index is 0. The van der Waals surface area contributed by atoms with Crippen molar-refractivity contribution in [1.82, 2.24) is 4.90 Å². The second-order valence-corrected chi connectivity index (χ2v) is 7.82. The summed E-state index contributed by atoms with van der Waals surface area (Å²) in [6.07, 6.45) is 7.57. The van der Waals surface area contributed by atoms with E-state index in [2.05, 4.69) is 15.5 Å². The van der Waals surface area contributed by atoms with Crippen LogP contribution in [0.25, 0.3) is 0 Å². The summed E-state index contributed by atoms with van der Waals surface area (Å²) in [5.74, 6) is -0.0367. The topological polar surface area (TPSA) is 87.5 Å². The zero-order valence-corrected chi connectivity index (χ0v) is 19.9. The van der Waals surface area contributed by atoms with Crippen LogP contribution in [-0.4, -0.2) is 42.9 Å². The van der Waals surface area contributed by atoms with Crippen molar-refractivity contribution in [2.24, 2.45) is 11.1 Å². The second kappa shape index (κ2) is 14.6. The Labute approximate surface area is 193 Å². The molecule has 0 unspecified atom stereocenters. The Kier molecular flexibility index (Phi) is 14.0. The van der Waals surface area contributed by atoms with Crippen molar-refractivity contribution in [3.63, 3.8) is 0 Å². The van der Waals surface area contributed by atoms with Gasteiger partial charge >= 0.3 is 0 Å². The van der Waals surface area contributed by atoms with Gasteiger partial charge in [-0.15, -0.1) is 24.8 Å². The lowest BCUT2D eigenvalue weighted by Gasteiger charge is -2.28. The molecule has 4 N–H and O–H groups in total. The van der Waals surface area contributed by atoms with Gasteiger partial charge in [-0.3, -0.25) is 14.5 Å². The normalized spacial score (nSPS) is 15.0. The SMILES string of the molecule is CCC(CC)(CN)C(=O)Nc1ccc(NC(=O)CN2CCCCCCC2)cc1.Cl.Cl. The number of hydrogen-bond acceptors (Lipinski definition) is 4. The Morgan fingerprint density at radius 2 is 1.37 bits per heavy atom. The molecule has 1 heterocycles. The zero-order valence-electron chi connectivity index (χ0n) is 18.2. The molecule has 172 valence electrons. The number of amides is 2. The maximum atomic E-state index is 12.6. The molecule has 0 radical (unpaired) electrons. The molecule has 1 fully saturated rings. The largest absolute Gasteiger partial charge is 0.329 e. The molecule has 6 nitrogen and oxygen atoms in total. The minimum Gasteiger partial charge on any atom is -0.329 e. The predicted molar refractivity (Wildman–Crippen MR) is 130 cm³/mol. The fourth-order valence-electron chi connectivity index (χ4n) is 3.73. The highest BCUT2D eigenvalue weighted by Gasteiger charge is 2.33. The van der Waals surface area contributed by atoms with Gasteiger partial charge in [0.2, 0.25) is 11.8 Å². The summed E-state index contributed by atoms with van der Waals surface area (Å²) in [5.41, 5.74) is 6.77. The Hall–Kier alpha value is -1.34. The molecule has 1 aromatic rings. The van der Waals surface area contributed by atoms with Crippen molar-refractivity contribution in [3.8, 4) is 0 Å². The third-order valence-electron chi connectivity index (χ3n) is 5.97. The maximum absolute atomic E-state index is 12.6. The molecule has 0 spiro atoms. The summed E-state index contributed by atoms with van der Waals surface area (Å²) >= 11 is 0.